The van der Waals surface area contributed by atoms with Gasteiger partial charge in [-0.1, -0.05) is 42.0 Å². The smallest absolute Gasteiger partial charge is 0.407 e. The first-order valence-corrected chi connectivity index (χ1v) is 6.94. The van der Waals surface area contributed by atoms with Gasteiger partial charge in [-0.2, -0.15) is 0 Å². The van der Waals surface area contributed by atoms with E-state index in [1.165, 1.54) is 20.3 Å². The van der Waals surface area contributed by atoms with Crippen LogP contribution in [0.15, 0.2) is 42.0 Å². The Labute approximate surface area is 129 Å². The molecule has 0 bridgehead atoms. The predicted octanol–water partition coefficient (Wildman–Crippen LogP) is 2.85. The molecule has 0 aromatic heterocycles. The third-order valence-corrected chi connectivity index (χ3v) is 3.70. The Kier molecular flexibility index (Phi) is 4.99. The van der Waals surface area contributed by atoms with Gasteiger partial charge in [0.2, 0.25) is 0 Å². The summed E-state index contributed by atoms with van der Waals surface area (Å²) in [5.41, 5.74) is 2.82. The molecule has 22 heavy (non-hydrogen) atoms. The summed E-state index contributed by atoms with van der Waals surface area (Å²) in [5.74, 6) is -0.560. The molecular weight excluding hydrogens is 282 g/mol. The van der Waals surface area contributed by atoms with Crippen LogP contribution < -0.4 is 5.32 Å². The number of nitrogens with one attached hydrogen (secondary N) is 1. The molecule has 1 N–H and O–H groups in total. The fourth-order valence-electron chi connectivity index (χ4n) is 2.57. The van der Waals surface area contributed by atoms with Crippen LogP contribution in [0.3, 0.4) is 0 Å². The van der Waals surface area contributed by atoms with Crippen LogP contribution in [0.25, 0.3) is 6.08 Å². The second kappa shape index (κ2) is 6.93. The first kappa shape index (κ1) is 15.8. The Morgan fingerprint density at radius 3 is 2.59 bits per heavy atom. The van der Waals surface area contributed by atoms with Crippen LogP contribution in [0.2, 0.25) is 0 Å². The molecule has 5 heteroatoms. The van der Waals surface area contributed by atoms with E-state index < -0.39 is 12.1 Å². The molecule has 5 nitrogen and oxygen atoms in total. The second-order valence-corrected chi connectivity index (χ2v) is 5.04. The predicted molar refractivity (Wildman–Crippen MR) is 83.0 cm³/mol. The van der Waals surface area contributed by atoms with E-state index in [9.17, 15) is 9.59 Å². The molecule has 0 saturated heterocycles. The number of methoxy groups -OCH3 is 2. The van der Waals surface area contributed by atoms with Gasteiger partial charge in [0.05, 0.1) is 20.3 Å². The van der Waals surface area contributed by atoms with Gasteiger partial charge in [-0.05, 0) is 18.1 Å². The van der Waals surface area contributed by atoms with Crippen LogP contribution in [0.1, 0.15) is 24.1 Å². The quantitative estimate of drug-likeness (QED) is 0.688. The van der Waals surface area contributed by atoms with E-state index in [2.05, 4.69) is 10.1 Å². The minimum absolute atomic E-state index is 0.145. The summed E-state index contributed by atoms with van der Waals surface area (Å²) in [6.45, 7) is 1.84. The van der Waals surface area contributed by atoms with E-state index >= 15 is 0 Å². The molecule has 2 atom stereocenters. The maximum atomic E-state index is 11.7. The first-order chi connectivity index (χ1) is 10.6. The van der Waals surface area contributed by atoms with Crippen molar-refractivity contribution in [3.8, 4) is 0 Å². The van der Waals surface area contributed by atoms with Gasteiger partial charge in [-0.25, -0.2) is 9.59 Å². The lowest BCUT2D eigenvalue weighted by Gasteiger charge is -2.30. The Morgan fingerprint density at radius 2 is 1.91 bits per heavy atom. The van der Waals surface area contributed by atoms with Gasteiger partial charge in [-0.15, -0.1) is 0 Å². The summed E-state index contributed by atoms with van der Waals surface area (Å²) >= 11 is 0. The van der Waals surface area contributed by atoms with Crippen molar-refractivity contribution >= 4 is 18.1 Å². The van der Waals surface area contributed by atoms with Crippen molar-refractivity contribution in [1.82, 2.24) is 5.32 Å². The molecule has 116 valence electrons. The van der Waals surface area contributed by atoms with Crippen molar-refractivity contribution < 1.29 is 19.1 Å². The lowest BCUT2D eigenvalue weighted by molar-refractivity contribution is -0.134. The molecular formula is C17H19NO4. The Morgan fingerprint density at radius 1 is 1.18 bits per heavy atom. The standard InChI is InChI=1S/C17H19NO4/c1-11(10-15(19)21-2)13-9-8-12-6-4-5-7-14(12)16(13)18-17(20)22-3/h4-10,13,16H,1-3H3,(H,18,20)/b11-10+/t13-,16+/m1/s1. The van der Waals surface area contributed by atoms with Gasteiger partial charge in [-0.3, -0.25) is 0 Å². The molecule has 0 fully saturated rings. The highest BCUT2D eigenvalue weighted by atomic mass is 16.5. The van der Waals surface area contributed by atoms with Crippen LogP contribution in [0.4, 0.5) is 4.79 Å². The highest BCUT2D eigenvalue weighted by Gasteiger charge is 2.29. The lowest BCUT2D eigenvalue weighted by atomic mass is 9.81. The molecule has 0 aliphatic heterocycles. The zero-order valence-corrected chi connectivity index (χ0v) is 12.8. The van der Waals surface area contributed by atoms with Crippen LogP contribution in [-0.2, 0) is 14.3 Å². The van der Waals surface area contributed by atoms with Crippen LogP contribution >= 0.6 is 0 Å². The maximum absolute atomic E-state index is 11.7. The summed E-state index contributed by atoms with van der Waals surface area (Å²) in [5, 5.41) is 2.84. The molecule has 0 unspecified atom stereocenters. The van der Waals surface area contributed by atoms with Crippen molar-refractivity contribution in [3.05, 3.63) is 53.1 Å². The number of rotatable bonds is 3. The number of amides is 1. The number of fused-ring (bicyclic) bond motifs is 1. The second-order valence-electron chi connectivity index (χ2n) is 5.04. The monoisotopic (exact) mass is 301 g/mol. The Balaban J connectivity index is 2.38. The van der Waals surface area contributed by atoms with Gasteiger partial charge in [0.25, 0.3) is 0 Å². The fourth-order valence-corrected chi connectivity index (χ4v) is 2.57. The Hall–Kier alpha value is -2.56. The number of carbonyl (C=O) groups excluding carboxylic acids is 2. The molecule has 1 aliphatic carbocycles. The summed E-state index contributed by atoms with van der Waals surface area (Å²) in [6, 6.07) is 7.50. The summed E-state index contributed by atoms with van der Waals surface area (Å²) in [7, 11) is 2.66. The summed E-state index contributed by atoms with van der Waals surface area (Å²) in [6.07, 6.45) is 4.89. The number of hydrogen-bond acceptors (Lipinski definition) is 4. The summed E-state index contributed by atoms with van der Waals surface area (Å²) < 4.78 is 9.38. The van der Waals surface area contributed by atoms with Gasteiger partial charge in [0.1, 0.15) is 0 Å². The molecule has 1 aromatic rings. The highest BCUT2D eigenvalue weighted by molar-refractivity contribution is 5.83. The molecule has 1 aromatic carbocycles. The van der Waals surface area contributed by atoms with Crippen LogP contribution in [0, 0.1) is 5.92 Å². The minimum atomic E-state index is -0.508. The van der Waals surface area contributed by atoms with Crippen molar-refractivity contribution in [2.24, 2.45) is 5.92 Å². The number of alkyl carbamates (subject to hydrolysis) is 1. The van der Waals surface area contributed by atoms with Gasteiger partial charge in [0, 0.05) is 12.0 Å². The van der Waals surface area contributed by atoms with E-state index in [-0.39, 0.29) is 12.0 Å². The van der Waals surface area contributed by atoms with Gasteiger partial charge in [0.15, 0.2) is 0 Å². The van der Waals surface area contributed by atoms with Crippen molar-refractivity contribution in [3.63, 3.8) is 0 Å². The molecule has 0 spiro atoms. The zero-order chi connectivity index (χ0) is 16.1. The minimum Gasteiger partial charge on any atom is -0.466 e. The number of hydrogen-bond donors (Lipinski definition) is 1. The van der Waals surface area contributed by atoms with Gasteiger partial charge >= 0.3 is 12.1 Å². The molecule has 1 amide bonds. The first-order valence-electron chi connectivity index (χ1n) is 6.94. The maximum Gasteiger partial charge on any atom is 0.407 e. The zero-order valence-electron chi connectivity index (χ0n) is 12.8. The number of ether oxygens (including phenoxy) is 2. The van der Waals surface area contributed by atoms with Crippen LogP contribution in [0.5, 0.6) is 0 Å². The third kappa shape index (κ3) is 3.36. The van der Waals surface area contributed by atoms with E-state index in [1.54, 1.807) is 0 Å². The fraction of sp³-hybridized carbons (Fsp3) is 0.294. The molecule has 0 radical (unpaired) electrons. The normalized spacial score (nSPS) is 20.0. The van der Waals surface area contributed by atoms with Crippen LogP contribution in [-0.4, -0.2) is 26.3 Å². The van der Waals surface area contributed by atoms with Gasteiger partial charge < -0.3 is 14.8 Å². The SMILES string of the molecule is COC(=O)/C=C(\C)[C@H]1C=Cc2ccccc2[C@H]1NC(=O)OC. The largest absolute Gasteiger partial charge is 0.466 e. The van der Waals surface area contributed by atoms with Crippen molar-refractivity contribution in [1.29, 1.82) is 0 Å². The number of benzene rings is 1. The highest BCUT2D eigenvalue weighted by Crippen LogP contribution is 2.36. The van der Waals surface area contributed by atoms with Crippen molar-refractivity contribution in [2.75, 3.05) is 14.2 Å². The molecule has 1 aliphatic rings. The topological polar surface area (TPSA) is 64.6 Å². The van der Waals surface area contributed by atoms with Crippen molar-refractivity contribution in [2.45, 2.75) is 13.0 Å². The lowest BCUT2D eigenvalue weighted by Crippen LogP contribution is -2.35. The third-order valence-electron chi connectivity index (χ3n) is 3.70. The van der Waals surface area contributed by atoms with E-state index in [4.69, 9.17) is 4.74 Å². The van der Waals surface area contributed by atoms with E-state index in [1.807, 2.05) is 43.3 Å². The molecule has 0 heterocycles. The average Bonchev–Trinajstić information content (AvgIpc) is 2.54. The number of carbonyl (C=O) groups is 2. The molecule has 0 saturated carbocycles. The van der Waals surface area contributed by atoms with E-state index in [0.29, 0.717) is 0 Å². The number of esters is 1. The molecule has 2 rings (SSSR count). The average molecular weight is 301 g/mol. The summed E-state index contributed by atoms with van der Waals surface area (Å²) in [4.78, 5) is 23.1. The Bertz CT molecular complexity index is 633. The van der Waals surface area contributed by atoms with E-state index in [0.717, 1.165) is 16.7 Å².